The standard InChI is InChI=1S/C15H10ClN3O4/c16-13-7-12(2-1-11(13)8-17)18-14(20)9-23-15(21)10-3-5-19(22)6-4-10/h1-7H,9H2,(H,18,20). The second-order valence-corrected chi connectivity index (χ2v) is 4.78. The summed E-state index contributed by atoms with van der Waals surface area (Å²) in [6.45, 7) is -0.497. The van der Waals surface area contributed by atoms with Crippen molar-refractivity contribution in [1.82, 2.24) is 0 Å². The number of anilines is 1. The van der Waals surface area contributed by atoms with E-state index in [2.05, 4.69) is 5.32 Å². The zero-order valence-corrected chi connectivity index (χ0v) is 12.4. The van der Waals surface area contributed by atoms with Crippen molar-refractivity contribution in [2.24, 2.45) is 0 Å². The fraction of sp³-hybridized carbons (Fsp3) is 0.0667. The van der Waals surface area contributed by atoms with Crippen molar-refractivity contribution in [2.45, 2.75) is 0 Å². The number of hydrogen-bond acceptors (Lipinski definition) is 5. The van der Waals surface area contributed by atoms with Crippen molar-refractivity contribution in [2.75, 3.05) is 11.9 Å². The van der Waals surface area contributed by atoms with Gasteiger partial charge < -0.3 is 15.3 Å². The fourth-order valence-corrected chi connectivity index (χ4v) is 1.87. The first-order valence-corrected chi connectivity index (χ1v) is 6.73. The number of nitrogens with zero attached hydrogens (tertiary/aromatic N) is 2. The Morgan fingerprint density at radius 3 is 2.61 bits per heavy atom. The minimum absolute atomic E-state index is 0.159. The van der Waals surface area contributed by atoms with Crippen molar-refractivity contribution in [3.05, 3.63) is 64.1 Å². The molecule has 0 aliphatic rings. The van der Waals surface area contributed by atoms with Crippen molar-refractivity contribution < 1.29 is 19.1 Å². The zero-order chi connectivity index (χ0) is 16.8. The normalized spacial score (nSPS) is 9.74. The van der Waals surface area contributed by atoms with Crippen LogP contribution in [-0.2, 0) is 9.53 Å². The number of carbonyl (C=O) groups is 2. The molecule has 2 rings (SSSR count). The zero-order valence-electron chi connectivity index (χ0n) is 11.7. The number of halogens is 1. The minimum Gasteiger partial charge on any atom is -0.619 e. The maximum Gasteiger partial charge on any atom is 0.339 e. The van der Waals surface area contributed by atoms with Crippen LogP contribution < -0.4 is 10.0 Å². The number of carbonyl (C=O) groups excluding carboxylic acids is 2. The summed E-state index contributed by atoms with van der Waals surface area (Å²) >= 11 is 5.85. The molecule has 0 spiro atoms. The van der Waals surface area contributed by atoms with Gasteiger partial charge in [0.15, 0.2) is 19.0 Å². The van der Waals surface area contributed by atoms with E-state index < -0.39 is 18.5 Å². The van der Waals surface area contributed by atoms with E-state index in [-0.39, 0.29) is 16.1 Å². The molecule has 0 fully saturated rings. The van der Waals surface area contributed by atoms with E-state index in [1.54, 1.807) is 0 Å². The Morgan fingerprint density at radius 1 is 1.30 bits per heavy atom. The second-order valence-electron chi connectivity index (χ2n) is 4.38. The number of benzene rings is 1. The van der Waals surface area contributed by atoms with Gasteiger partial charge in [0, 0.05) is 17.8 Å². The molecule has 1 N–H and O–H groups in total. The van der Waals surface area contributed by atoms with Crippen molar-refractivity contribution >= 4 is 29.2 Å². The van der Waals surface area contributed by atoms with E-state index in [1.165, 1.54) is 30.3 Å². The summed E-state index contributed by atoms with van der Waals surface area (Å²) in [5.74, 6) is -1.28. The Labute approximate surface area is 136 Å². The van der Waals surface area contributed by atoms with Crippen molar-refractivity contribution in [3.63, 3.8) is 0 Å². The molecule has 116 valence electrons. The monoisotopic (exact) mass is 331 g/mol. The van der Waals surface area contributed by atoms with Crippen LogP contribution in [0, 0.1) is 16.5 Å². The highest BCUT2D eigenvalue weighted by molar-refractivity contribution is 6.32. The highest BCUT2D eigenvalue weighted by Crippen LogP contribution is 2.20. The van der Waals surface area contributed by atoms with Gasteiger partial charge in [0.1, 0.15) is 6.07 Å². The Hall–Kier alpha value is -3.11. The van der Waals surface area contributed by atoms with E-state index in [1.807, 2.05) is 6.07 Å². The van der Waals surface area contributed by atoms with Crippen LogP contribution in [0.4, 0.5) is 5.69 Å². The molecule has 1 aromatic heterocycles. The first kappa shape index (κ1) is 16.3. The van der Waals surface area contributed by atoms with E-state index in [0.29, 0.717) is 10.4 Å². The average Bonchev–Trinajstić information content (AvgIpc) is 2.53. The molecule has 0 saturated heterocycles. The van der Waals surface area contributed by atoms with Gasteiger partial charge in [0.25, 0.3) is 5.91 Å². The van der Waals surface area contributed by atoms with Gasteiger partial charge in [0.05, 0.1) is 16.1 Å². The van der Waals surface area contributed by atoms with Crippen LogP contribution in [-0.4, -0.2) is 18.5 Å². The molecular formula is C15H10ClN3O4. The van der Waals surface area contributed by atoms with E-state index in [0.717, 1.165) is 12.4 Å². The maximum atomic E-state index is 11.7. The molecule has 2 aromatic rings. The summed E-state index contributed by atoms with van der Waals surface area (Å²) in [5, 5.41) is 22.3. The lowest BCUT2D eigenvalue weighted by Crippen LogP contribution is -2.25. The Kier molecular flexibility index (Phi) is 5.12. The molecule has 1 amide bonds. The average molecular weight is 332 g/mol. The summed E-state index contributed by atoms with van der Waals surface area (Å²) in [4.78, 5) is 23.4. The van der Waals surface area contributed by atoms with Gasteiger partial charge in [-0.2, -0.15) is 9.99 Å². The summed E-state index contributed by atoms with van der Waals surface area (Å²) in [6.07, 6.45) is 2.30. The van der Waals surface area contributed by atoms with Crippen LogP contribution in [0.15, 0.2) is 42.7 Å². The van der Waals surface area contributed by atoms with Gasteiger partial charge >= 0.3 is 5.97 Å². The molecule has 0 unspecified atom stereocenters. The topological polar surface area (TPSA) is 106 Å². The lowest BCUT2D eigenvalue weighted by molar-refractivity contribution is -0.605. The summed E-state index contributed by atoms with van der Waals surface area (Å²) in [6, 6.07) is 8.86. The number of aromatic nitrogens is 1. The number of nitriles is 1. The molecule has 7 nitrogen and oxygen atoms in total. The second kappa shape index (κ2) is 7.24. The first-order chi connectivity index (χ1) is 11.0. The molecule has 8 heteroatoms. The Bertz CT molecular complexity index is 784. The molecule has 1 aromatic carbocycles. The maximum absolute atomic E-state index is 11.7. The summed E-state index contributed by atoms with van der Waals surface area (Å²) < 4.78 is 5.36. The SMILES string of the molecule is N#Cc1ccc(NC(=O)COC(=O)c2cc[n+]([O-])cc2)cc1Cl. The number of pyridine rings is 1. The van der Waals surface area contributed by atoms with Crippen molar-refractivity contribution in [3.8, 4) is 6.07 Å². The predicted molar refractivity (Wildman–Crippen MR) is 80.5 cm³/mol. The molecule has 0 atom stereocenters. The number of amides is 1. The molecule has 23 heavy (non-hydrogen) atoms. The van der Waals surface area contributed by atoms with Gasteiger partial charge in [-0.3, -0.25) is 4.79 Å². The minimum atomic E-state index is -0.724. The molecule has 0 aliphatic carbocycles. The van der Waals surface area contributed by atoms with Gasteiger partial charge in [-0.1, -0.05) is 11.6 Å². The quantitative estimate of drug-likeness (QED) is 0.520. The number of hydrogen-bond donors (Lipinski definition) is 1. The third-order valence-electron chi connectivity index (χ3n) is 2.75. The van der Waals surface area contributed by atoms with Gasteiger partial charge in [0.2, 0.25) is 0 Å². The molecular weight excluding hydrogens is 322 g/mol. The third kappa shape index (κ3) is 4.43. The van der Waals surface area contributed by atoms with E-state index in [4.69, 9.17) is 21.6 Å². The van der Waals surface area contributed by atoms with Crippen LogP contribution in [0.2, 0.25) is 5.02 Å². The lowest BCUT2D eigenvalue weighted by Gasteiger charge is -2.07. The Balaban J connectivity index is 1.90. The van der Waals surface area contributed by atoms with E-state index >= 15 is 0 Å². The number of rotatable bonds is 4. The molecule has 1 heterocycles. The van der Waals surface area contributed by atoms with Crippen molar-refractivity contribution in [1.29, 1.82) is 5.26 Å². The van der Waals surface area contributed by atoms with Crippen LogP contribution in [0.5, 0.6) is 0 Å². The summed E-state index contributed by atoms with van der Waals surface area (Å²) in [7, 11) is 0. The highest BCUT2D eigenvalue weighted by Gasteiger charge is 2.12. The van der Waals surface area contributed by atoms with Gasteiger partial charge in [-0.05, 0) is 18.2 Å². The Morgan fingerprint density at radius 2 is 2.00 bits per heavy atom. The van der Waals surface area contributed by atoms with Gasteiger partial charge in [-0.15, -0.1) is 0 Å². The molecule has 0 radical (unpaired) electrons. The number of nitrogens with one attached hydrogen (secondary N) is 1. The smallest absolute Gasteiger partial charge is 0.339 e. The first-order valence-electron chi connectivity index (χ1n) is 6.35. The van der Waals surface area contributed by atoms with Crippen LogP contribution in [0.25, 0.3) is 0 Å². The fourth-order valence-electron chi connectivity index (χ4n) is 1.64. The molecule has 0 saturated carbocycles. The number of esters is 1. The third-order valence-corrected chi connectivity index (χ3v) is 3.06. The molecule has 0 bridgehead atoms. The number of ether oxygens (including phenoxy) is 1. The van der Waals surface area contributed by atoms with Gasteiger partial charge in [-0.25, -0.2) is 4.79 Å². The van der Waals surface area contributed by atoms with Crippen LogP contribution in [0.1, 0.15) is 15.9 Å². The van der Waals surface area contributed by atoms with Crippen LogP contribution in [0.3, 0.4) is 0 Å². The highest BCUT2D eigenvalue weighted by atomic mass is 35.5. The predicted octanol–water partition coefficient (Wildman–Crippen LogP) is 1.64. The molecule has 0 aliphatic heterocycles. The summed E-state index contributed by atoms with van der Waals surface area (Å²) in [5.41, 5.74) is 0.823. The van der Waals surface area contributed by atoms with Crippen LogP contribution >= 0.6 is 11.6 Å². The van der Waals surface area contributed by atoms with E-state index in [9.17, 15) is 14.8 Å². The largest absolute Gasteiger partial charge is 0.619 e. The lowest BCUT2D eigenvalue weighted by atomic mass is 10.2.